The van der Waals surface area contributed by atoms with Gasteiger partial charge in [-0.05, 0) is 48.9 Å². The van der Waals surface area contributed by atoms with E-state index in [-0.39, 0.29) is 34.8 Å². The summed E-state index contributed by atoms with van der Waals surface area (Å²) in [6.07, 6.45) is 2.08. The number of piperazine rings is 1. The maximum Gasteiger partial charge on any atom is 0.232 e. The van der Waals surface area contributed by atoms with Gasteiger partial charge in [-0.2, -0.15) is 0 Å². The SMILES string of the molecule is CCCS(=O)(=O)Nc1cccc(-c2nc(C(C)(C)C)sc2-c2ccnc(Nc3ccc(N4CCNCC4)cc3)n2)c1F.Cl. The minimum Gasteiger partial charge on any atom is -0.369 e. The molecule has 5 rings (SSSR count). The second-order valence-corrected chi connectivity index (χ2v) is 14.1. The van der Waals surface area contributed by atoms with Crippen molar-refractivity contribution < 1.29 is 12.8 Å². The molecular weight excluding hydrogens is 609 g/mol. The van der Waals surface area contributed by atoms with Gasteiger partial charge in [-0.3, -0.25) is 4.72 Å². The van der Waals surface area contributed by atoms with E-state index < -0.39 is 15.8 Å². The first-order valence-electron chi connectivity index (χ1n) is 14.0. The number of hydrogen-bond acceptors (Lipinski definition) is 9. The Morgan fingerprint density at radius 1 is 1.05 bits per heavy atom. The number of hydrogen-bond donors (Lipinski definition) is 3. The molecule has 0 unspecified atom stereocenters. The molecule has 43 heavy (non-hydrogen) atoms. The molecule has 3 N–H and O–H groups in total. The Kier molecular flexibility index (Phi) is 10.3. The van der Waals surface area contributed by atoms with Gasteiger partial charge in [0.25, 0.3) is 0 Å². The summed E-state index contributed by atoms with van der Waals surface area (Å²) in [4.78, 5) is 17.0. The van der Waals surface area contributed by atoms with Crippen molar-refractivity contribution in [1.29, 1.82) is 0 Å². The maximum absolute atomic E-state index is 15.9. The van der Waals surface area contributed by atoms with Gasteiger partial charge in [0.05, 0.1) is 32.7 Å². The molecule has 0 radical (unpaired) electrons. The lowest BCUT2D eigenvalue weighted by Gasteiger charge is -2.29. The predicted octanol–water partition coefficient (Wildman–Crippen LogP) is 6.43. The van der Waals surface area contributed by atoms with Crippen LogP contribution in [0.5, 0.6) is 0 Å². The number of thiazole rings is 1. The van der Waals surface area contributed by atoms with E-state index in [9.17, 15) is 8.42 Å². The Balaban J connectivity index is 0.00000423. The third-order valence-corrected chi connectivity index (χ3v) is 9.73. The maximum atomic E-state index is 15.9. The number of rotatable bonds is 9. The predicted molar refractivity (Wildman–Crippen MR) is 177 cm³/mol. The molecule has 13 heteroatoms. The van der Waals surface area contributed by atoms with Crippen molar-refractivity contribution in [1.82, 2.24) is 20.3 Å². The molecule has 9 nitrogen and oxygen atoms in total. The average molecular weight is 646 g/mol. The lowest BCUT2D eigenvalue weighted by Crippen LogP contribution is -2.43. The van der Waals surface area contributed by atoms with E-state index in [0.29, 0.717) is 28.6 Å². The first-order valence-corrected chi connectivity index (χ1v) is 16.5. The van der Waals surface area contributed by atoms with Gasteiger partial charge in [0.15, 0.2) is 5.82 Å². The summed E-state index contributed by atoms with van der Waals surface area (Å²) in [5, 5.41) is 7.45. The van der Waals surface area contributed by atoms with Gasteiger partial charge in [0, 0.05) is 54.7 Å². The molecule has 0 saturated carbocycles. The highest BCUT2D eigenvalue weighted by molar-refractivity contribution is 7.92. The molecule has 0 atom stereocenters. The molecule has 1 saturated heterocycles. The Labute approximate surface area is 262 Å². The molecule has 0 bridgehead atoms. The van der Waals surface area contributed by atoms with Crippen molar-refractivity contribution in [3.63, 3.8) is 0 Å². The van der Waals surface area contributed by atoms with Crippen LogP contribution >= 0.6 is 23.7 Å². The molecule has 0 spiro atoms. The monoisotopic (exact) mass is 645 g/mol. The molecule has 0 aliphatic carbocycles. The third-order valence-electron chi connectivity index (χ3n) is 6.75. The molecule has 1 aliphatic rings. The van der Waals surface area contributed by atoms with Gasteiger partial charge >= 0.3 is 0 Å². The zero-order valence-corrected chi connectivity index (χ0v) is 27.1. The summed E-state index contributed by atoms with van der Waals surface area (Å²) in [6, 6.07) is 14.6. The highest BCUT2D eigenvalue weighted by Gasteiger charge is 2.26. The lowest BCUT2D eigenvalue weighted by molar-refractivity contribution is 0.585. The Morgan fingerprint density at radius 3 is 2.44 bits per heavy atom. The minimum atomic E-state index is -3.67. The van der Waals surface area contributed by atoms with E-state index in [0.717, 1.165) is 36.9 Å². The van der Waals surface area contributed by atoms with Crippen LogP contribution in [0.3, 0.4) is 0 Å². The fraction of sp³-hybridized carbons (Fsp3) is 0.367. The first kappa shape index (κ1) is 32.6. The molecule has 2 aromatic heterocycles. The van der Waals surface area contributed by atoms with Crippen LogP contribution in [-0.2, 0) is 15.4 Å². The summed E-state index contributed by atoms with van der Waals surface area (Å²) in [5.41, 5.74) is 2.81. The number of halogens is 2. The normalized spacial score (nSPS) is 13.8. The lowest BCUT2D eigenvalue weighted by atomic mass is 9.98. The van der Waals surface area contributed by atoms with E-state index in [4.69, 9.17) is 9.97 Å². The van der Waals surface area contributed by atoms with Crippen molar-refractivity contribution in [2.24, 2.45) is 0 Å². The van der Waals surface area contributed by atoms with Crippen molar-refractivity contribution in [2.75, 3.05) is 46.9 Å². The van der Waals surface area contributed by atoms with Crippen molar-refractivity contribution in [3.8, 4) is 21.8 Å². The largest absolute Gasteiger partial charge is 0.369 e. The van der Waals surface area contributed by atoms with E-state index >= 15 is 4.39 Å². The number of benzene rings is 2. The van der Waals surface area contributed by atoms with Gasteiger partial charge in [0.1, 0.15) is 0 Å². The van der Waals surface area contributed by atoms with Gasteiger partial charge in [-0.15, -0.1) is 23.7 Å². The van der Waals surface area contributed by atoms with Crippen molar-refractivity contribution >= 4 is 56.8 Å². The molecular formula is C30H37ClFN7O2S2. The quantitative estimate of drug-likeness (QED) is 0.191. The van der Waals surface area contributed by atoms with Gasteiger partial charge in [-0.25, -0.2) is 27.8 Å². The summed E-state index contributed by atoms with van der Waals surface area (Å²) in [5.74, 6) is -0.371. The van der Waals surface area contributed by atoms with E-state index in [2.05, 4.69) is 37.4 Å². The van der Waals surface area contributed by atoms with E-state index in [1.807, 2.05) is 32.9 Å². The van der Waals surface area contributed by atoms with Crippen molar-refractivity contribution in [2.45, 2.75) is 39.5 Å². The topological polar surface area (TPSA) is 112 Å². The highest BCUT2D eigenvalue weighted by Crippen LogP contribution is 2.42. The first-order chi connectivity index (χ1) is 20.0. The summed E-state index contributed by atoms with van der Waals surface area (Å²) < 4.78 is 43.0. The number of sulfonamides is 1. The summed E-state index contributed by atoms with van der Waals surface area (Å²) in [6.45, 7) is 11.8. The second kappa shape index (κ2) is 13.5. The molecule has 1 fully saturated rings. The number of nitrogens with zero attached hydrogens (tertiary/aromatic N) is 4. The van der Waals surface area contributed by atoms with E-state index in [1.165, 1.54) is 23.1 Å². The zero-order valence-electron chi connectivity index (χ0n) is 24.6. The molecule has 230 valence electrons. The standard InChI is InChI=1S/C30H36FN7O2S2.ClH/c1-5-19-42(39,40)37-23-8-6-7-22(25(23)31)26-27(41-28(36-26)30(2,3)4)24-13-14-33-29(35-24)34-20-9-11-21(12-10-20)38-17-15-32-16-18-38;/h6-14,32,37H,5,15-19H2,1-4H3,(H,33,34,35);1H. The number of anilines is 4. The van der Waals surface area contributed by atoms with Crippen LogP contribution < -0.4 is 20.3 Å². The zero-order chi connectivity index (χ0) is 29.9. The summed E-state index contributed by atoms with van der Waals surface area (Å²) in [7, 11) is -3.67. The molecule has 2 aromatic carbocycles. The van der Waals surface area contributed by atoms with Gasteiger partial charge in [-0.1, -0.05) is 33.8 Å². The average Bonchev–Trinajstić information content (AvgIpc) is 3.41. The number of nitrogens with one attached hydrogen (secondary N) is 3. The molecule has 0 amide bonds. The van der Waals surface area contributed by atoms with Crippen LogP contribution in [0.15, 0.2) is 54.7 Å². The molecule has 3 heterocycles. The molecule has 1 aliphatic heterocycles. The summed E-state index contributed by atoms with van der Waals surface area (Å²) >= 11 is 1.44. The van der Waals surface area contributed by atoms with Gasteiger partial charge in [0.2, 0.25) is 16.0 Å². The Morgan fingerprint density at radius 2 is 1.77 bits per heavy atom. The van der Waals surface area contributed by atoms with Crippen molar-refractivity contribution in [3.05, 3.63) is 65.6 Å². The van der Waals surface area contributed by atoms with Crippen LogP contribution in [0.25, 0.3) is 21.8 Å². The van der Waals surface area contributed by atoms with E-state index in [1.54, 1.807) is 31.3 Å². The smallest absolute Gasteiger partial charge is 0.232 e. The van der Waals surface area contributed by atoms with Gasteiger partial charge < -0.3 is 15.5 Å². The number of aromatic nitrogens is 3. The molecule has 4 aromatic rings. The second-order valence-electron chi connectivity index (χ2n) is 11.2. The van der Waals surface area contributed by atoms with Crippen LogP contribution in [0.2, 0.25) is 0 Å². The fourth-order valence-corrected chi connectivity index (χ4v) is 6.87. The fourth-order valence-electron chi connectivity index (χ4n) is 4.63. The highest BCUT2D eigenvalue weighted by atomic mass is 35.5. The third kappa shape index (κ3) is 7.80. The Hall–Kier alpha value is -3.32. The Bertz CT molecular complexity index is 1650. The van der Waals surface area contributed by atoms with Crippen LogP contribution in [0.1, 0.15) is 39.1 Å². The minimum absolute atomic E-state index is 0. The van der Waals surface area contributed by atoms with Crippen LogP contribution in [0.4, 0.5) is 27.4 Å². The van der Waals surface area contributed by atoms with Crippen LogP contribution in [0, 0.1) is 5.82 Å². The van der Waals surface area contributed by atoms with Crippen LogP contribution in [-0.4, -0.2) is 55.3 Å².